The molecule has 2 aromatic rings. The number of ether oxygens (including phenoxy) is 1. The van der Waals surface area contributed by atoms with Crippen LogP contribution in [0.1, 0.15) is 11.3 Å². The third kappa shape index (κ3) is 3.80. The van der Waals surface area contributed by atoms with Crippen molar-refractivity contribution in [3.05, 3.63) is 53.9 Å². The van der Waals surface area contributed by atoms with E-state index < -0.39 is 0 Å². The molecule has 0 saturated carbocycles. The van der Waals surface area contributed by atoms with Gasteiger partial charge < -0.3 is 9.64 Å². The maximum Gasteiger partial charge on any atom is 0.148 e. The molecule has 1 aromatic carbocycles. The van der Waals surface area contributed by atoms with Crippen LogP contribution in [-0.2, 0) is 12.8 Å². The van der Waals surface area contributed by atoms with Gasteiger partial charge in [0.25, 0.3) is 0 Å². The molecular formula is C16H20N2O. The molecule has 0 atom stereocenters. The van der Waals surface area contributed by atoms with Crippen LogP contribution in [0, 0.1) is 0 Å². The number of rotatable bonds is 0. The lowest BCUT2D eigenvalue weighted by Gasteiger charge is -2.06. The molecule has 0 amide bonds. The van der Waals surface area contributed by atoms with E-state index in [9.17, 15) is 0 Å². The van der Waals surface area contributed by atoms with Crippen LogP contribution in [0.15, 0.2) is 42.6 Å². The molecule has 19 heavy (non-hydrogen) atoms. The zero-order valence-electron chi connectivity index (χ0n) is 11.8. The first-order valence-electron chi connectivity index (χ1n) is 6.47. The van der Waals surface area contributed by atoms with Crippen LogP contribution in [0.4, 0.5) is 0 Å². The van der Waals surface area contributed by atoms with E-state index in [4.69, 9.17) is 4.74 Å². The summed E-state index contributed by atoms with van der Waals surface area (Å²) in [4.78, 5) is 6.34. The fourth-order valence-corrected chi connectivity index (χ4v) is 1.89. The summed E-state index contributed by atoms with van der Waals surface area (Å²) in [7, 11) is 6.00. The number of aromatic nitrogens is 1. The highest BCUT2D eigenvalue weighted by atomic mass is 16.5. The number of hydrogen-bond acceptors (Lipinski definition) is 3. The van der Waals surface area contributed by atoms with Crippen LogP contribution < -0.4 is 4.74 Å². The highest BCUT2D eigenvalue weighted by Gasteiger charge is 2.13. The largest absolute Gasteiger partial charge is 0.455 e. The molecular weight excluding hydrogens is 236 g/mol. The Morgan fingerprint density at radius 2 is 1.63 bits per heavy atom. The highest BCUT2D eigenvalue weighted by molar-refractivity contribution is 5.42. The van der Waals surface area contributed by atoms with Gasteiger partial charge in [-0.05, 0) is 57.7 Å². The smallest absolute Gasteiger partial charge is 0.148 e. The molecule has 2 heterocycles. The van der Waals surface area contributed by atoms with Crippen molar-refractivity contribution in [3.63, 3.8) is 0 Å². The molecule has 1 aromatic heterocycles. The number of benzene rings is 1. The van der Waals surface area contributed by atoms with E-state index in [1.54, 1.807) is 0 Å². The fraction of sp³-hybridized carbons (Fsp3) is 0.312. The van der Waals surface area contributed by atoms with E-state index in [0.717, 1.165) is 30.0 Å². The standard InChI is InChI=1S/C13H11NO.C3H9N/c1-2-5-12-10(4-1)7-8-11-13(15-12)6-3-9-14-11;1-4(2)3/h1-6,9H,7-8H2;1-3H3. The molecule has 0 radical (unpaired) electrons. The highest BCUT2D eigenvalue weighted by Crippen LogP contribution is 2.31. The zero-order chi connectivity index (χ0) is 13.7. The lowest BCUT2D eigenvalue weighted by molar-refractivity contribution is 0.476. The molecule has 3 rings (SSSR count). The van der Waals surface area contributed by atoms with E-state index in [2.05, 4.69) is 11.1 Å². The quantitative estimate of drug-likeness (QED) is 0.724. The predicted molar refractivity (Wildman–Crippen MR) is 77.8 cm³/mol. The summed E-state index contributed by atoms with van der Waals surface area (Å²) in [6, 6.07) is 12.1. The van der Waals surface area contributed by atoms with Gasteiger partial charge in [0.1, 0.15) is 11.5 Å². The molecule has 1 aliphatic rings. The van der Waals surface area contributed by atoms with Crippen molar-refractivity contribution in [1.29, 1.82) is 0 Å². The van der Waals surface area contributed by atoms with Crippen LogP contribution >= 0.6 is 0 Å². The SMILES string of the molecule is CN(C)C.c1ccc2c(c1)CCc1ncccc1O2. The van der Waals surface area contributed by atoms with Crippen molar-refractivity contribution in [2.45, 2.75) is 12.8 Å². The van der Waals surface area contributed by atoms with Gasteiger partial charge in [-0.1, -0.05) is 18.2 Å². The predicted octanol–water partition coefficient (Wildman–Crippen LogP) is 3.15. The lowest BCUT2D eigenvalue weighted by Crippen LogP contribution is -1.99. The Hall–Kier alpha value is -1.87. The van der Waals surface area contributed by atoms with Crippen molar-refractivity contribution < 1.29 is 4.74 Å². The average molecular weight is 256 g/mol. The summed E-state index contributed by atoms with van der Waals surface area (Å²) in [6.45, 7) is 0. The number of para-hydroxylation sites is 1. The Morgan fingerprint density at radius 1 is 0.947 bits per heavy atom. The van der Waals surface area contributed by atoms with E-state index in [0.29, 0.717) is 0 Å². The molecule has 0 spiro atoms. The van der Waals surface area contributed by atoms with E-state index in [1.807, 2.05) is 62.6 Å². The fourth-order valence-electron chi connectivity index (χ4n) is 1.89. The first-order chi connectivity index (χ1) is 9.16. The van der Waals surface area contributed by atoms with Crippen LogP contribution in [-0.4, -0.2) is 31.0 Å². The average Bonchev–Trinajstić information content (AvgIpc) is 2.57. The van der Waals surface area contributed by atoms with Crippen molar-refractivity contribution in [1.82, 2.24) is 9.88 Å². The van der Waals surface area contributed by atoms with Gasteiger partial charge in [0.15, 0.2) is 0 Å². The van der Waals surface area contributed by atoms with Gasteiger partial charge in [0.2, 0.25) is 0 Å². The summed E-state index contributed by atoms with van der Waals surface area (Å²) in [5.74, 6) is 1.85. The van der Waals surface area contributed by atoms with Crippen LogP contribution in [0.2, 0.25) is 0 Å². The third-order valence-electron chi connectivity index (χ3n) is 2.67. The van der Waals surface area contributed by atoms with Crippen LogP contribution in [0.25, 0.3) is 0 Å². The molecule has 100 valence electrons. The second-order valence-corrected chi connectivity index (χ2v) is 5.00. The Bertz CT molecular complexity index is 490. The van der Waals surface area contributed by atoms with Crippen molar-refractivity contribution in [3.8, 4) is 11.5 Å². The van der Waals surface area contributed by atoms with Crippen molar-refractivity contribution in [2.24, 2.45) is 0 Å². The Balaban J connectivity index is 0.000000297. The van der Waals surface area contributed by atoms with Gasteiger partial charge in [0.05, 0.1) is 5.69 Å². The number of aryl methyl sites for hydroxylation is 2. The normalized spacial score (nSPS) is 12.4. The number of hydrogen-bond donors (Lipinski definition) is 0. The lowest BCUT2D eigenvalue weighted by atomic mass is 10.1. The zero-order valence-corrected chi connectivity index (χ0v) is 11.8. The van der Waals surface area contributed by atoms with E-state index >= 15 is 0 Å². The maximum atomic E-state index is 5.84. The number of pyridine rings is 1. The van der Waals surface area contributed by atoms with E-state index in [1.165, 1.54) is 5.56 Å². The molecule has 3 nitrogen and oxygen atoms in total. The van der Waals surface area contributed by atoms with Crippen LogP contribution in [0.5, 0.6) is 11.5 Å². The van der Waals surface area contributed by atoms with Gasteiger partial charge >= 0.3 is 0 Å². The van der Waals surface area contributed by atoms with E-state index in [-0.39, 0.29) is 0 Å². The van der Waals surface area contributed by atoms with Crippen molar-refractivity contribution >= 4 is 0 Å². The van der Waals surface area contributed by atoms with Gasteiger partial charge in [-0.3, -0.25) is 4.98 Å². The minimum atomic E-state index is 0.891. The minimum absolute atomic E-state index is 0.891. The molecule has 3 heteroatoms. The van der Waals surface area contributed by atoms with Gasteiger partial charge in [-0.2, -0.15) is 0 Å². The van der Waals surface area contributed by atoms with Gasteiger partial charge in [-0.15, -0.1) is 0 Å². The summed E-state index contributed by atoms with van der Waals surface area (Å²) >= 11 is 0. The first-order valence-corrected chi connectivity index (χ1v) is 6.47. The second-order valence-electron chi connectivity index (χ2n) is 5.00. The van der Waals surface area contributed by atoms with Crippen molar-refractivity contribution in [2.75, 3.05) is 21.1 Å². The van der Waals surface area contributed by atoms with Gasteiger partial charge in [0, 0.05) is 6.20 Å². The molecule has 0 aliphatic carbocycles. The Labute approximate surface area is 114 Å². The minimum Gasteiger partial charge on any atom is -0.455 e. The molecule has 0 bridgehead atoms. The number of fused-ring (bicyclic) bond motifs is 2. The summed E-state index contributed by atoms with van der Waals surface area (Å²) in [6.07, 6.45) is 3.77. The molecule has 0 saturated heterocycles. The summed E-state index contributed by atoms with van der Waals surface area (Å²) in [5, 5.41) is 0. The summed E-state index contributed by atoms with van der Waals surface area (Å²) in [5.41, 5.74) is 2.31. The first kappa shape index (κ1) is 13.6. The van der Waals surface area contributed by atoms with Gasteiger partial charge in [-0.25, -0.2) is 0 Å². The second kappa shape index (κ2) is 6.34. The third-order valence-corrected chi connectivity index (χ3v) is 2.67. The monoisotopic (exact) mass is 256 g/mol. The molecule has 0 unspecified atom stereocenters. The molecule has 0 fully saturated rings. The Kier molecular flexibility index (Phi) is 4.53. The topological polar surface area (TPSA) is 25.4 Å². The number of nitrogens with zero attached hydrogens (tertiary/aromatic N) is 2. The maximum absolute atomic E-state index is 5.84. The van der Waals surface area contributed by atoms with Crippen LogP contribution in [0.3, 0.4) is 0 Å². The Morgan fingerprint density at radius 3 is 2.42 bits per heavy atom. The molecule has 1 aliphatic heterocycles. The molecule has 0 N–H and O–H groups in total. The summed E-state index contributed by atoms with van der Waals surface area (Å²) < 4.78 is 5.84.